The normalized spacial score (nSPS) is 13.5. The quantitative estimate of drug-likeness (QED) is 0.192. The second-order valence-corrected chi connectivity index (χ2v) is 10.7. The third-order valence-electron chi connectivity index (χ3n) is 7.90. The molecule has 4 N–H and O–H groups in total. The molecule has 1 atom stereocenters. The topological polar surface area (TPSA) is 170 Å². The molecule has 0 fully saturated rings. The van der Waals surface area contributed by atoms with E-state index in [0.717, 1.165) is 5.56 Å². The van der Waals surface area contributed by atoms with Gasteiger partial charge in [-0.25, -0.2) is 0 Å². The third-order valence-corrected chi connectivity index (χ3v) is 7.90. The number of rotatable bonds is 10. The fourth-order valence-corrected chi connectivity index (χ4v) is 5.84. The molecular weight excluding hydrogens is 594 g/mol. The molecule has 0 saturated carbocycles. The van der Waals surface area contributed by atoms with Crippen LogP contribution in [0.15, 0.2) is 62.9 Å². The van der Waals surface area contributed by atoms with Gasteiger partial charge in [-0.2, -0.15) is 0 Å². The summed E-state index contributed by atoms with van der Waals surface area (Å²) in [6, 6.07) is 13.1. The van der Waals surface area contributed by atoms with Crippen LogP contribution in [0.2, 0.25) is 0 Å². The van der Waals surface area contributed by atoms with Crippen LogP contribution in [0.25, 0.3) is 22.2 Å². The van der Waals surface area contributed by atoms with Crippen molar-refractivity contribution in [2.24, 2.45) is 0 Å². The summed E-state index contributed by atoms with van der Waals surface area (Å²) in [5, 5.41) is 8.59. The Bertz CT molecular complexity index is 2000. The zero-order valence-electron chi connectivity index (χ0n) is 25.9. The van der Waals surface area contributed by atoms with Crippen molar-refractivity contribution in [3.63, 3.8) is 0 Å². The highest BCUT2D eigenvalue weighted by atomic mass is 16.5. The predicted octanol–water partition coefficient (Wildman–Crippen LogP) is 2.09. The lowest BCUT2D eigenvalue weighted by molar-refractivity contribution is -0.120. The molecule has 5 rings (SSSR count). The van der Waals surface area contributed by atoms with E-state index in [-0.39, 0.29) is 36.7 Å². The Morgan fingerprint density at radius 2 is 1.74 bits per heavy atom. The SMILES string of the molecule is COc1cc2c(c(OC)c1OC)-c1ccc(NCC(=O)NCCn3c(=O)c(=O)[nH]c4ccccc43)c(=O)cc1[C@H](NC(C)=O)CC2. The van der Waals surface area contributed by atoms with Crippen molar-refractivity contribution >= 4 is 28.5 Å². The van der Waals surface area contributed by atoms with Gasteiger partial charge in [0.05, 0.1) is 50.6 Å². The molecule has 0 aliphatic heterocycles. The van der Waals surface area contributed by atoms with Crippen molar-refractivity contribution in [2.75, 3.05) is 39.7 Å². The van der Waals surface area contributed by atoms with Crippen LogP contribution in [0.5, 0.6) is 17.2 Å². The maximum atomic E-state index is 13.5. The molecule has 13 nitrogen and oxygen atoms in total. The molecule has 1 aromatic heterocycles. The first kappa shape index (κ1) is 31.8. The lowest BCUT2D eigenvalue weighted by atomic mass is 9.95. The maximum absolute atomic E-state index is 13.5. The minimum atomic E-state index is -0.747. The Morgan fingerprint density at radius 1 is 0.978 bits per heavy atom. The summed E-state index contributed by atoms with van der Waals surface area (Å²) in [6.45, 7) is 1.35. The molecule has 0 bridgehead atoms. The monoisotopic (exact) mass is 629 g/mol. The Morgan fingerprint density at radius 3 is 2.46 bits per heavy atom. The number of nitrogens with one attached hydrogen (secondary N) is 4. The van der Waals surface area contributed by atoms with Crippen LogP contribution in [0.4, 0.5) is 5.69 Å². The van der Waals surface area contributed by atoms with Gasteiger partial charge in [0.1, 0.15) is 0 Å². The van der Waals surface area contributed by atoms with E-state index >= 15 is 0 Å². The van der Waals surface area contributed by atoms with Gasteiger partial charge in [-0.1, -0.05) is 18.2 Å². The van der Waals surface area contributed by atoms with Crippen molar-refractivity contribution in [1.29, 1.82) is 0 Å². The molecule has 46 heavy (non-hydrogen) atoms. The molecule has 1 aliphatic carbocycles. The second-order valence-electron chi connectivity index (χ2n) is 10.7. The summed E-state index contributed by atoms with van der Waals surface area (Å²) in [5.74, 6) is 0.657. The molecule has 3 aromatic carbocycles. The van der Waals surface area contributed by atoms with Gasteiger partial charge in [-0.05, 0) is 59.9 Å². The number of aryl methyl sites for hydroxylation is 1. The second kappa shape index (κ2) is 13.6. The number of carbonyl (C=O) groups is 2. The average Bonchev–Trinajstić information content (AvgIpc) is 3.28. The highest BCUT2D eigenvalue weighted by Crippen LogP contribution is 2.50. The van der Waals surface area contributed by atoms with E-state index in [4.69, 9.17) is 14.2 Å². The van der Waals surface area contributed by atoms with E-state index in [9.17, 15) is 24.0 Å². The number of methoxy groups -OCH3 is 3. The number of carbonyl (C=O) groups excluding carboxylic acids is 2. The van der Waals surface area contributed by atoms with Gasteiger partial charge in [-0.15, -0.1) is 0 Å². The predicted molar refractivity (Wildman–Crippen MR) is 173 cm³/mol. The van der Waals surface area contributed by atoms with E-state index in [2.05, 4.69) is 20.9 Å². The number of H-pyrrole nitrogens is 1. The molecule has 0 unspecified atom stereocenters. The van der Waals surface area contributed by atoms with Crippen LogP contribution < -0.4 is 46.7 Å². The van der Waals surface area contributed by atoms with Crippen molar-refractivity contribution < 1.29 is 23.8 Å². The summed E-state index contributed by atoms with van der Waals surface area (Å²) >= 11 is 0. The minimum Gasteiger partial charge on any atom is -0.493 e. The molecule has 2 amide bonds. The number of aromatic nitrogens is 2. The smallest absolute Gasteiger partial charge is 0.316 e. The van der Waals surface area contributed by atoms with Gasteiger partial charge >= 0.3 is 11.1 Å². The number of benzene rings is 2. The summed E-state index contributed by atoms with van der Waals surface area (Å²) < 4.78 is 18.3. The fraction of sp³-hybridized carbons (Fsp3) is 0.303. The molecule has 240 valence electrons. The summed E-state index contributed by atoms with van der Waals surface area (Å²) in [6.07, 6.45) is 1.08. The van der Waals surface area contributed by atoms with Gasteiger partial charge in [0.2, 0.25) is 23.0 Å². The van der Waals surface area contributed by atoms with Gasteiger partial charge < -0.3 is 39.7 Å². The van der Waals surface area contributed by atoms with E-state index < -0.39 is 23.1 Å². The van der Waals surface area contributed by atoms with Gasteiger partial charge in [-0.3, -0.25) is 24.0 Å². The zero-order chi connectivity index (χ0) is 33.0. The lowest BCUT2D eigenvalue weighted by Gasteiger charge is -2.19. The summed E-state index contributed by atoms with van der Waals surface area (Å²) in [5.41, 5.74) is 2.24. The van der Waals surface area contributed by atoms with Gasteiger partial charge in [0.15, 0.2) is 11.5 Å². The van der Waals surface area contributed by atoms with Crippen LogP contribution in [0, 0.1) is 0 Å². The Hall–Kier alpha value is -5.59. The zero-order valence-corrected chi connectivity index (χ0v) is 25.9. The fourth-order valence-electron chi connectivity index (χ4n) is 5.84. The van der Waals surface area contributed by atoms with E-state index in [1.165, 1.54) is 38.9 Å². The van der Waals surface area contributed by atoms with Crippen LogP contribution in [0.3, 0.4) is 0 Å². The molecular formula is C33H35N5O8. The summed E-state index contributed by atoms with van der Waals surface area (Å²) in [7, 11) is 4.57. The molecule has 13 heteroatoms. The average molecular weight is 630 g/mol. The Labute approximate surface area is 263 Å². The summed E-state index contributed by atoms with van der Waals surface area (Å²) in [4.78, 5) is 65.4. The highest BCUT2D eigenvalue weighted by molar-refractivity contribution is 5.84. The van der Waals surface area contributed by atoms with Crippen molar-refractivity contribution in [1.82, 2.24) is 20.2 Å². The van der Waals surface area contributed by atoms with Crippen LogP contribution in [-0.2, 0) is 22.6 Å². The van der Waals surface area contributed by atoms with Crippen molar-refractivity contribution in [3.05, 3.63) is 90.6 Å². The number of ether oxygens (including phenoxy) is 3. The number of amides is 2. The van der Waals surface area contributed by atoms with Crippen molar-refractivity contribution in [2.45, 2.75) is 32.4 Å². The third kappa shape index (κ3) is 6.29. The minimum absolute atomic E-state index is 0.0782. The van der Waals surface area contributed by atoms with Crippen molar-refractivity contribution in [3.8, 4) is 28.4 Å². The molecule has 4 aromatic rings. The first-order chi connectivity index (χ1) is 22.2. The lowest BCUT2D eigenvalue weighted by Crippen LogP contribution is -2.40. The van der Waals surface area contributed by atoms with Crippen LogP contribution in [0.1, 0.15) is 30.5 Å². The molecule has 1 aliphatic rings. The number of para-hydroxylation sites is 2. The molecule has 0 spiro atoms. The number of aromatic amines is 1. The number of hydrogen-bond donors (Lipinski definition) is 4. The maximum Gasteiger partial charge on any atom is 0.316 e. The molecule has 0 saturated heterocycles. The van der Waals surface area contributed by atoms with Gasteiger partial charge in [0, 0.05) is 25.6 Å². The number of hydrogen-bond acceptors (Lipinski definition) is 9. The van der Waals surface area contributed by atoms with Crippen LogP contribution in [-0.4, -0.2) is 55.8 Å². The van der Waals surface area contributed by atoms with E-state index in [1.807, 2.05) is 6.07 Å². The number of nitrogens with zero attached hydrogens (tertiary/aromatic N) is 1. The van der Waals surface area contributed by atoms with E-state index in [1.54, 1.807) is 36.4 Å². The van der Waals surface area contributed by atoms with E-state index in [0.29, 0.717) is 57.8 Å². The van der Waals surface area contributed by atoms with Gasteiger partial charge in [0.25, 0.3) is 0 Å². The highest BCUT2D eigenvalue weighted by Gasteiger charge is 2.29. The Balaban J connectivity index is 1.41. The largest absolute Gasteiger partial charge is 0.493 e. The number of fused-ring (bicyclic) bond motifs is 4. The number of anilines is 1. The first-order valence-electron chi connectivity index (χ1n) is 14.7. The molecule has 1 heterocycles. The first-order valence-corrected chi connectivity index (χ1v) is 14.7. The molecule has 0 radical (unpaired) electrons. The standard InChI is InChI=1S/C33H35N5O8/c1-18(39)36-22-11-9-19-15-27(44-2)30(45-3)31(46-4)29(19)20-10-12-24(26(40)16-21(20)22)35-17-28(41)34-13-14-38-25-8-6-5-7-23(25)37-32(42)33(38)43/h5-8,10,12,15-16,22H,9,11,13-14,17H2,1-4H3,(H,34,41)(H,35,40)(H,36,39)(H,37,42)/t22-/m1/s1. The Kier molecular flexibility index (Phi) is 9.40. The van der Waals surface area contributed by atoms with Crippen LogP contribution >= 0.6 is 0 Å².